The molecule has 1 aromatic heterocycles. The van der Waals surface area contributed by atoms with Crippen LogP contribution in [0.3, 0.4) is 0 Å². The fourth-order valence-corrected chi connectivity index (χ4v) is 1.75. The molecule has 0 aliphatic heterocycles. The van der Waals surface area contributed by atoms with Crippen LogP contribution >= 0.6 is 11.6 Å². The molecule has 0 saturated heterocycles. The molecule has 0 bridgehead atoms. The highest BCUT2D eigenvalue weighted by molar-refractivity contribution is 6.30. The maximum atomic E-state index is 9.33. The lowest BCUT2D eigenvalue weighted by Gasteiger charge is -2.29. The first-order chi connectivity index (χ1) is 8.11. The van der Waals surface area contributed by atoms with Gasteiger partial charge in [-0.15, -0.1) is 0 Å². The summed E-state index contributed by atoms with van der Waals surface area (Å²) in [5.74, 6) is 0.666. The van der Waals surface area contributed by atoms with Gasteiger partial charge in [0.25, 0.3) is 0 Å². The van der Waals surface area contributed by atoms with E-state index in [1.165, 1.54) is 6.33 Å². The van der Waals surface area contributed by atoms with Crippen LogP contribution in [0.15, 0.2) is 6.33 Å². The Morgan fingerprint density at radius 2 is 2.18 bits per heavy atom. The van der Waals surface area contributed by atoms with Crippen LogP contribution in [0.4, 0.5) is 5.82 Å². The molecular weight excluding hydrogens is 242 g/mol. The normalized spacial score (nSPS) is 10.9. The summed E-state index contributed by atoms with van der Waals surface area (Å²) in [6, 6.07) is 0.237. The van der Waals surface area contributed by atoms with E-state index in [0.29, 0.717) is 29.7 Å². The third-order valence-corrected chi connectivity index (χ3v) is 2.79. The van der Waals surface area contributed by atoms with E-state index >= 15 is 0 Å². The zero-order valence-corrected chi connectivity index (χ0v) is 11.1. The lowest BCUT2D eigenvalue weighted by Crippen LogP contribution is -2.35. The monoisotopic (exact) mass is 259 g/mol. The summed E-state index contributed by atoms with van der Waals surface area (Å²) in [6.45, 7) is 5.20. The molecule has 0 saturated carbocycles. The van der Waals surface area contributed by atoms with Crippen LogP contribution in [0, 0.1) is 0 Å². The van der Waals surface area contributed by atoms with Gasteiger partial charge in [0.1, 0.15) is 17.3 Å². The van der Waals surface area contributed by atoms with Crippen LogP contribution in [0.1, 0.15) is 19.4 Å². The van der Waals surface area contributed by atoms with E-state index < -0.39 is 0 Å². The Labute approximate surface area is 106 Å². The smallest absolute Gasteiger partial charge is 0.140 e. The van der Waals surface area contributed by atoms with Gasteiger partial charge in [-0.2, -0.15) is 0 Å². The summed E-state index contributed by atoms with van der Waals surface area (Å²) in [5.41, 5.74) is 0.555. The van der Waals surface area contributed by atoms with Gasteiger partial charge in [-0.25, -0.2) is 9.97 Å². The molecule has 1 N–H and O–H groups in total. The Hall–Kier alpha value is -0.910. The van der Waals surface area contributed by atoms with Crippen LogP contribution in [0.5, 0.6) is 0 Å². The SMILES string of the molecule is COCCN(c1ncnc(Cl)c1CO)C(C)C. The molecule has 0 fully saturated rings. The van der Waals surface area contributed by atoms with Gasteiger partial charge < -0.3 is 14.7 Å². The van der Waals surface area contributed by atoms with Crippen LogP contribution in [0.2, 0.25) is 5.15 Å². The topological polar surface area (TPSA) is 58.5 Å². The molecule has 0 aliphatic carbocycles. The van der Waals surface area contributed by atoms with Crippen LogP contribution in [-0.4, -0.2) is 41.4 Å². The lowest BCUT2D eigenvalue weighted by molar-refractivity contribution is 0.203. The Balaban J connectivity index is 3.04. The summed E-state index contributed by atoms with van der Waals surface area (Å²) in [6.07, 6.45) is 1.40. The van der Waals surface area contributed by atoms with Gasteiger partial charge in [0, 0.05) is 19.7 Å². The van der Waals surface area contributed by atoms with E-state index in [4.69, 9.17) is 16.3 Å². The first-order valence-electron chi connectivity index (χ1n) is 5.47. The van der Waals surface area contributed by atoms with E-state index in [2.05, 4.69) is 9.97 Å². The molecule has 6 heteroatoms. The molecule has 1 aromatic rings. The molecule has 1 heterocycles. The third-order valence-electron chi connectivity index (χ3n) is 2.46. The van der Waals surface area contributed by atoms with Crippen molar-refractivity contribution in [3.8, 4) is 0 Å². The van der Waals surface area contributed by atoms with E-state index in [1.807, 2.05) is 18.7 Å². The predicted molar refractivity (Wildman–Crippen MR) is 67.3 cm³/mol. The summed E-state index contributed by atoms with van der Waals surface area (Å²) >= 11 is 5.94. The molecule has 5 nitrogen and oxygen atoms in total. The van der Waals surface area contributed by atoms with Crippen molar-refractivity contribution in [1.82, 2.24) is 9.97 Å². The van der Waals surface area contributed by atoms with Gasteiger partial charge in [0.15, 0.2) is 0 Å². The van der Waals surface area contributed by atoms with E-state index in [-0.39, 0.29) is 12.6 Å². The zero-order chi connectivity index (χ0) is 12.8. The Kier molecular flexibility index (Phi) is 5.61. The Morgan fingerprint density at radius 1 is 1.47 bits per heavy atom. The van der Waals surface area contributed by atoms with Crippen molar-refractivity contribution in [3.63, 3.8) is 0 Å². The maximum absolute atomic E-state index is 9.33. The number of aliphatic hydroxyl groups is 1. The molecule has 0 aliphatic rings. The average molecular weight is 260 g/mol. The molecule has 0 spiro atoms. The van der Waals surface area contributed by atoms with E-state index in [9.17, 15) is 5.11 Å². The van der Waals surface area contributed by atoms with Crippen molar-refractivity contribution in [2.45, 2.75) is 26.5 Å². The second-order valence-corrected chi connectivity index (χ2v) is 4.26. The largest absolute Gasteiger partial charge is 0.391 e. The number of anilines is 1. The number of aliphatic hydroxyl groups excluding tert-OH is 1. The average Bonchev–Trinajstić information content (AvgIpc) is 2.29. The molecule has 96 valence electrons. The van der Waals surface area contributed by atoms with Gasteiger partial charge >= 0.3 is 0 Å². The van der Waals surface area contributed by atoms with E-state index in [0.717, 1.165) is 0 Å². The van der Waals surface area contributed by atoms with E-state index in [1.54, 1.807) is 7.11 Å². The summed E-state index contributed by atoms with van der Waals surface area (Å²) in [7, 11) is 1.65. The second-order valence-electron chi connectivity index (χ2n) is 3.90. The molecule has 0 amide bonds. The molecule has 17 heavy (non-hydrogen) atoms. The zero-order valence-electron chi connectivity index (χ0n) is 10.4. The minimum atomic E-state index is -0.175. The molecule has 1 rings (SSSR count). The summed E-state index contributed by atoms with van der Waals surface area (Å²) in [4.78, 5) is 10.1. The summed E-state index contributed by atoms with van der Waals surface area (Å²) in [5, 5.41) is 9.63. The number of rotatable bonds is 6. The van der Waals surface area contributed by atoms with Crippen molar-refractivity contribution in [1.29, 1.82) is 0 Å². The fourth-order valence-electron chi connectivity index (χ4n) is 1.56. The first kappa shape index (κ1) is 14.2. The number of hydrogen-bond acceptors (Lipinski definition) is 5. The molecule has 0 aromatic carbocycles. The van der Waals surface area contributed by atoms with Gasteiger partial charge in [0.05, 0.1) is 18.8 Å². The molecule has 0 atom stereocenters. The molecule has 0 unspecified atom stereocenters. The number of ether oxygens (including phenoxy) is 1. The van der Waals surface area contributed by atoms with Crippen LogP contribution < -0.4 is 4.90 Å². The predicted octanol–water partition coefficient (Wildman–Crippen LogP) is 1.48. The number of halogens is 1. The van der Waals surface area contributed by atoms with Crippen LogP contribution in [-0.2, 0) is 11.3 Å². The number of nitrogens with zero attached hydrogens (tertiary/aromatic N) is 3. The molecular formula is C11H18ClN3O2. The van der Waals surface area contributed by atoms with Crippen molar-refractivity contribution in [2.24, 2.45) is 0 Å². The molecule has 0 radical (unpaired) electrons. The van der Waals surface area contributed by atoms with Gasteiger partial charge in [0.2, 0.25) is 0 Å². The Morgan fingerprint density at radius 3 is 2.71 bits per heavy atom. The van der Waals surface area contributed by atoms with Gasteiger partial charge in [-0.1, -0.05) is 11.6 Å². The fraction of sp³-hybridized carbons (Fsp3) is 0.636. The third kappa shape index (κ3) is 3.52. The van der Waals surface area contributed by atoms with Crippen molar-refractivity contribution >= 4 is 17.4 Å². The standard InChI is InChI=1S/C11H18ClN3O2/c1-8(2)15(4-5-17-3)11-9(6-16)10(12)13-7-14-11/h7-8,16H,4-6H2,1-3H3. The van der Waals surface area contributed by atoms with Gasteiger partial charge in [-0.05, 0) is 13.8 Å². The highest BCUT2D eigenvalue weighted by Gasteiger charge is 2.18. The number of hydrogen-bond donors (Lipinski definition) is 1. The highest BCUT2D eigenvalue weighted by atomic mass is 35.5. The van der Waals surface area contributed by atoms with Crippen molar-refractivity contribution < 1.29 is 9.84 Å². The van der Waals surface area contributed by atoms with Crippen LogP contribution in [0.25, 0.3) is 0 Å². The second kappa shape index (κ2) is 6.74. The minimum absolute atomic E-state index is 0.175. The minimum Gasteiger partial charge on any atom is -0.391 e. The van der Waals surface area contributed by atoms with Crippen molar-refractivity contribution in [3.05, 3.63) is 17.0 Å². The lowest BCUT2D eigenvalue weighted by atomic mass is 10.2. The number of aromatic nitrogens is 2. The number of methoxy groups -OCH3 is 1. The quantitative estimate of drug-likeness (QED) is 0.785. The Bertz CT molecular complexity index is 361. The summed E-state index contributed by atoms with van der Waals surface area (Å²) < 4.78 is 5.07. The highest BCUT2D eigenvalue weighted by Crippen LogP contribution is 2.24. The maximum Gasteiger partial charge on any atom is 0.140 e. The van der Waals surface area contributed by atoms with Gasteiger partial charge in [-0.3, -0.25) is 0 Å². The first-order valence-corrected chi connectivity index (χ1v) is 5.85. The van der Waals surface area contributed by atoms with Crippen molar-refractivity contribution in [2.75, 3.05) is 25.2 Å².